The van der Waals surface area contributed by atoms with Crippen molar-refractivity contribution in [1.29, 1.82) is 5.26 Å². The fraction of sp³-hybridized carbons (Fsp3) is 0.467. The molecule has 1 unspecified atom stereocenters. The monoisotopic (exact) mass is 259 g/mol. The first-order chi connectivity index (χ1) is 9.27. The van der Waals surface area contributed by atoms with Crippen molar-refractivity contribution in [1.82, 2.24) is 0 Å². The van der Waals surface area contributed by atoms with E-state index in [1.54, 1.807) is 19.2 Å². The molecule has 4 nitrogen and oxygen atoms in total. The van der Waals surface area contributed by atoms with Crippen LogP contribution in [0.3, 0.4) is 0 Å². The molecule has 0 saturated carbocycles. The van der Waals surface area contributed by atoms with Crippen LogP contribution in [-0.2, 0) is 9.53 Å². The zero-order chi connectivity index (χ0) is 13.7. The molecule has 0 N–H and O–H groups in total. The van der Waals surface area contributed by atoms with E-state index in [2.05, 4.69) is 6.07 Å². The average molecular weight is 259 g/mol. The lowest BCUT2D eigenvalue weighted by molar-refractivity contribution is -0.126. The normalized spacial score (nSPS) is 17.5. The summed E-state index contributed by atoms with van der Waals surface area (Å²) in [5, 5.41) is 9.34. The number of nitriles is 1. The zero-order valence-electron chi connectivity index (χ0n) is 11.0. The minimum Gasteiger partial charge on any atom is -0.496 e. The van der Waals surface area contributed by atoms with E-state index in [1.165, 1.54) is 0 Å². The highest BCUT2D eigenvalue weighted by atomic mass is 16.5. The number of ether oxygens (including phenoxy) is 2. The van der Waals surface area contributed by atoms with Crippen molar-refractivity contribution in [3.63, 3.8) is 0 Å². The van der Waals surface area contributed by atoms with Crippen LogP contribution >= 0.6 is 0 Å². The number of benzene rings is 1. The highest BCUT2D eigenvalue weighted by Gasteiger charge is 2.31. The summed E-state index contributed by atoms with van der Waals surface area (Å²) >= 11 is 0. The van der Waals surface area contributed by atoms with Crippen molar-refractivity contribution < 1.29 is 14.3 Å². The van der Waals surface area contributed by atoms with Crippen molar-refractivity contribution in [3.05, 3.63) is 29.8 Å². The standard InChI is InChI=1S/C15H17NO3/c1-18-14-5-3-2-4-12(14)13(10-16)15(17)11-6-8-19-9-7-11/h2-5,11,13H,6-9H2,1H3. The number of carbonyl (C=O) groups is 1. The van der Waals surface area contributed by atoms with Gasteiger partial charge in [-0.3, -0.25) is 4.79 Å². The molecule has 2 rings (SSSR count). The van der Waals surface area contributed by atoms with Crippen LogP contribution in [0.5, 0.6) is 5.75 Å². The summed E-state index contributed by atoms with van der Waals surface area (Å²) < 4.78 is 10.5. The maximum atomic E-state index is 12.5. The van der Waals surface area contributed by atoms with Gasteiger partial charge < -0.3 is 9.47 Å². The number of nitrogens with zero attached hydrogens (tertiary/aromatic N) is 1. The molecule has 1 heterocycles. The SMILES string of the molecule is COc1ccccc1C(C#N)C(=O)C1CCOCC1. The Morgan fingerprint density at radius 3 is 2.74 bits per heavy atom. The largest absolute Gasteiger partial charge is 0.496 e. The molecular formula is C15H17NO3. The summed E-state index contributed by atoms with van der Waals surface area (Å²) in [6, 6.07) is 9.32. The molecule has 0 aromatic heterocycles. The molecule has 0 radical (unpaired) electrons. The Kier molecular flexibility index (Phi) is 4.53. The molecule has 19 heavy (non-hydrogen) atoms. The second-order valence-corrected chi connectivity index (χ2v) is 4.59. The summed E-state index contributed by atoms with van der Waals surface area (Å²) in [4.78, 5) is 12.5. The second-order valence-electron chi connectivity index (χ2n) is 4.59. The maximum absolute atomic E-state index is 12.5. The molecule has 100 valence electrons. The molecule has 1 aliphatic rings. The van der Waals surface area contributed by atoms with Gasteiger partial charge in [0.15, 0.2) is 5.78 Å². The molecule has 1 aromatic rings. The van der Waals surface area contributed by atoms with Gasteiger partial charge in [-0.1, -0.05) is 18.2 Å². The number of hydrogen-bond donors (Lipinski definition) is 0. The highest BCUT2D eigenvalue weighted by molar-refractivity contribution is 5.91. The second kappa shape index (κ2) is 6.35. The van der Waals surface area contributed by atoms with Gasteiger partial charge >= 0.3 is 0 Å². The fourth-order valence-electron chi connectivity index (χ4n) is 2.41. The van der Waals surface area contributed by atoms with Crippen LogP contribution in [0.15, 0.2) is 24.3 Å². The van der Waals surface area contributed by atoms with E-state index in [-0.39, 0.29) is 11.7 Å². The first-order valence-electron chi connectivity index (χ1n) is 6.42. The predicted octanol–water partition coefficient (Wildman–Crippen LogP) is 2.30. The molecule has 0 spiro atoms. The Labute approximate surface area is 112 Å². The Balaban J connectivity index is 2.24. The van der Waals surface area contributed by atoms with E-state index in [9.17, 15) is 10.1 Å². The van der Waals surface area contributed by atoms with Gasteiger partial charge in [0.1, 0.15) is 11.7 Å². The molecule has 0 aliphatic carbocycles. The third-order valence-electron chi connectivity index (χ3n) is 3.49. The molecule has 1 aromatic carbocycles. The van der Waals surface area contributed by atoms with Gasteiger partial charge in [-0.25, -0.2) is 0 Å². The van der Waals surface area contributed by atoms with Gasteiger partial charge in [-0.15, -0.1) is 0 Å². The van der Waals surface area contributed by atoms with Gasteiger partial charge in [0, 0.05) is 24.7 Å². The summed E-state index contributed by atoms with van der Waals surface area (Å²) in [6.45, 7) is 1.20. The third kappa shape index (κ3) is 2.94. The minimum atomic E-state index is -0.751. The lowest BCUT2D eigenvalue weighted by atomic mass is 9.84. The molecule has 1 fully saturated rings. The summed E-state index contributed by atoms with van der Waals surface area (Å²) in [7, 11) is 1.55. The van der Waals surface area contributed by atoms with E-state index >= 15 is 0 Å². The van der Waals surface area contributed by atoms with E-state index in [4.69, 9.17) is 9.47 Å². The smallest absolute Gasteiger partial charge is 0.157 e. The lowest BCUT2D eigenvalue weighted by Gasteiger charge is -2.23. The maximum Gasteiger partial charge on any atom is 0.157 e. The molecular weight excluding hydrogens is 242 g/mol. The van der Waals surface area contributed by atoms with Crippen LogP contribution in [-0.4, -0.2) is 26.1 Å². The van der Waals surface area contributed by atoms with Crippen LogP contribution in [0.4, 0.5) is 0 Å². The molecule has 4 heteroatoms. The number of methoxy groups -OCH3 is 1. The van der Waals surface area contributed by atoms with Crippen LogP contribution in [0.2, 0.25) is 0 Å². The van der Waals surface area contributed by atoms with Crippen molar-refractivity contribution in [2.24, 2.45) is 5.92 Å². The number of rotatable bonds is 4. The Bertz CT molecular complexity index is 486. The van der Waals surface area contributed by atoms with Crippen molar-refractivity contribution in [2.75, 3.05) is 20.3 Å². The minimum absolute atomic E-state index is 0.0182. The number of ketones is 1. The molecule has 1 aliphatic heterocycles. The van der Waals surface area contributed by atoms with Gasteiger partial charge in [0.2, 0.25) is 0 Å². The summed E-state index contributed by atoms with van der Waals surface area (Å²) in [5.74, 6) is -0.257. The average Bonchev–Trinajstić information content (AvgIpc) is 2.49. The Morgan fingerprint density at radius 1 is 1.42 bits per heavy atom. The third-order valence-corrected chi connectivity index (χ3v) is 3.49. The van der Waals surface area contributed by atoms with Gasteiger partial charge in [-0.05, 0) is 18.9 Å². The predicted molar refractivity (Wildman–Crippen MR) is 69.9 cm³/mol. The highest BCUT2D eigenvalue weighted by Crippen LogP contribution is 2.31. The van der Waals surface area contributed by atoms with E-state index < -0.39 is 5.92 Å². The first-order valence-corrected chi connectivity index (χ1v) is 6.42. The van der Waals surface area contributed by atoms with E-state index in [0.29, 0.717) is 37.4 Å². The first kappa shape index (κ1) is 13.6. The van der Waals surface area contributed by atoms with Crippen LogP contribution < -0.4 is 4.74 Å². The van der Waals surface area contributed by atoms with Gasteiger partial charge in [0.05, 0.1) is 13.2 Å². The van der Waals surface area contributed by atoms with E-state index in [1.807, 2.05) is 12.1 Å². The lowest BCUT2D eigenvalue weighted by Crippen LogP contribution is -2.27. The molecule has 0 bridgehead atoms. The van der Waals surface area contributed by atoms with Gasteiger partial charge in [0.25, 0.3) is 0 Å². The molecule has 1 saturated heterocycles. The summed E-state index contributed by atoms with van der Waals surface area (Å²) in [5.41, 5.74) is 0.656. The topological polar surface area (TPSA) is 59.3 Å². The van der Waals surface area contributed by atoms with Crippen molar-refractivity contribution in [3.8, 4) is 11.8 Å². The Morgan fingerprint density at radius 2 is 2.11 bits per heavy atom. The van der Waals surface area contributed by atoms with Crippen molar-refractivity contribution in [2.45, 2.75) is 18.8 Å². The number of para-hydroxylation sites is 1. The van der Waals surface area contributed by atoms with Crippen LogP contribution in [0, 0.1) is 17.2 Å². The van der Waals surface area contributed by atoms with Gasteiger partial charge in [-0.2, -0.15) is 5.26 Å². The van der Waals surface area contributed by atoms with Crippen LogP contribution in [0.1, 0.15) is 24.3 Å². The van der Waals surface area contributed by atoms with E-state index in [0.717, 1.165) is 0 Å². The van der Waals surface area contributed by atoms with Crippen LogP contribution in [0.25, 0.3) is 0 Å². The molecule has 0 amide bonds. The number of Topliss-reactive ketones (excluding diaryl/α,β-unsaturated/α-hetero) is 1. The Hall–Kier alpha value is -1.86. The van der Waals surface area contributed by atoms with Crippen molar-refractivity contribution >= 4 is 5.78 Å². The zero-order valence-corrected chi connectivity index (χ0v) is 11.0. The summed E-state index contributed by atoms with van der Waals surface area (Å²) in [6.07, 6.45) is 1.40. The quantitative estimate of drug-likeness (QED) is 0.832. The fourth-order valence-corrected chi connectivity index (χ4v) is 2.41. The molecule has 1 atom stereocenters. The number of hydrogen-bond acceptors (Lipinski definition) is 4. The number of carbonyl (C=O) groups excluding carboxylic acids is 1.